The summed E-state index contributed by atoms with van der Waals surface area (Å²) in [4.78, 5) is 42.3. The third-order valence-corrected chi connectivity index (χ3v) is 5.04. The number of carbonyl (C=O) groups is 3. The maximum atomic E-state index is 12.8. The molecule has 0 bridgehead atoms. The molecule has 2 aromatic carbocycles. The molecule has 1 aliphatic heterocycles. The summed E-state index contributed by atoms with van der Waals surface area (Å²) in [6.07, 6.45) is 1.16. The summed E-state index contributed by atoms with van der Waals surface area (Å²) in [6, 6.07) is 16.0. The zero-order valence-corrected chi connectivity index (χ0v) is 16.6. The number of nitrogens with zero attached hydrogens (tertiary/aromatic N) is 2. The van der Waals surface area contributed by atoms with E-state index in [1.165, 1.54) is 19.1 Å². The average Bonchev–Trinajstić information content (AvgIpc) is 3.03. The Morgan fingerprint density at radius 2 is 1.72 bits per heavy atom. The van der Waals surface area contributed by atoms with Gasteiger partial charge in [0.25, 0.3) is 5.91 Å². The van der Waals surface area contributed by atoms with Gasteiger partial charge in [-0.15, -0.1) is 0 Å². The normalized spacial score (nSPS) is 16.3. The first-order valence-electron chi connectivity index (χ1n) is 8.62. The Balaban J connectivity index is 1.93. The van der Waals surface area contributed by atoms with Gasteiger partial charge in [-0.05, 0) is 41.6 Å². The molecular formula is C21H18N2O5S. The molecule has 1 heterocycles. The van der Waals surface area contributed by atoms with E-state index in [9.17, 15) is 14.4 Å². The van der Waals surface area contributed by atoms with Crippen molar-refractivity contribution in [3.05, 3.63) is 76.7 Å². The highest BCUT2D eigenvalue weighted by Crippen LogP contribution is 2.34. The Bertz CT molecular complexity index is 984. The van der Waals surface area contributed by atoms with Crippen molar-refractivity contribution in [3.8, 4) is 0 Å². The number of aliphatic imine (C=N–C) groups is 1. The summed E-state index contributed by atoms with van der Waals surface area (Å²) in [7, 11) is 2.57. The summed E-state index contributed by atoms with van der Waals surface area (Å²) in [6.45, 7) is 0.310. The number of amidine groups is 1. The summed E-state index contributed by atoms with van der Waals surface area (Å²) in [5, 5.41) is 0.430. The van der Waals surface area contributed by atoms with Gasteiger partial charge >= 0.3 is 11.9 Å². The molecule has 0 aliphatic carbocycles. The number of carbonyl (C=O) groups excluding carboxylic acids is 3. The van der Waals surface area contributed by atoms with Crippen molar-refractivity contribution in [2.75, 3.05) is 14.2 Å². The van der Waals surface area contributed by atoms with Crippen molar-refractivity contribution in [2.24, 2.45) is 4.99 Å². The predicted octanol–water partition coefficient (Wildman–Crippen LogP) is 3.29. The molecular weight excluding hydrogens is 392 g/mol. The number of thioether (sulfide) groups is 1. The van der Waals surface area contributed by atoms with Gasteiger partial charge in [0.1, 0.15) is 0 Å². The lowest BCUT2D eigenvalue weighted by atomic mass is 10.2. The van der Waals surface area contributed by atoms with E-state index in [1.54, 1.807) is 24.3 Å². The van der Waals surface area contributed by atoms with E-state index in [2.05, 4.69) is 14.5 Å². The molecule has 2 aromatic rings. The number of hydrogen-bond donors (Lipinski definition) is 0. The van der Waals surface area contributed by atoms with Crippen molar-refractivity contribution in [3.63, 3.8) is 0 Å². The minimum Gasteiger partial charge on any atom is -0.466 e. The Morgan fingerprint density at radius 1 is 1.03 bits per heavy atom. The van der Waals surface area contributed by atoms with Gasteiger partial charge in [-0.25, -0.2) is 14.6 Å². The Kier molecular flexibility index (Phi) is 6.46. The molecule has 8 heteroatoms. The van der Waals surface area contributed by atoms with Crippen LogP contribution in [0.2, 0.25) is 0 Å². The quantitative estimate of drug-likeness (QED) is 0.555. The number of ether oxygens (including phenoxy) is 2. The van der Waals surface area contributed by atoms with Gasteiger partial charge in [0, 0.05) is 6.08 Å². The monoisotopic (exact) mass is 410 g/mol. The lowest BCUT2D eigenvalue weighted by molar-refractivity contribution is -0.135. The molecule has 0 aromatic heterocycles. The first-order chi connectivity index (χ1) is 14.0. The van der Waals surface area contributed by atoms with Gasteiger partial charge < -0.3 is 9.47 Å². The molecule has 0 radical (unpaired) electrons. The standard InChI is InChI=1S/C21H18N2O5S/c1-27-18(24)12-17-19(25)23(13-14-6-4-3-5-7-14)21(29-17)22-16-10-8-15(9-11-16)20(26)28-2/h3-12H,13H2,1-2H3. The van der Waals surface area contributed by atoms with Crippen LogP contribution >= 0.6 is 11.8 Å². The van der Waals surface area contributed by atoms with Crippen LogP contribution in [0.25, 0.3) is 0 Å². The van der Waals surface area contributed by atoms with Crippen LogP contribution in [0, 0.1) is 0 Å². The third kappa shape index (κ3) is 4.91. The molecule has 1 amide bonds. The number of benzene rings is 2. The van der Waals surface area contributed by atoms with Crippen LogP contribution in [-0.4, -0.2) is 42.1 Å². The Hall–Kier alpha value is -3.39. The van der Waals surface area contributed by atoms with Crippen LogP contribution < -0.4 is 0 Å². The molecule has 1 aliphatic rings. The topological polar surface area (TPSA) is 85.3 Å². The van der Waals surface area contributed by atoms with E-state index >= 15 is 0 Å². The molecule has 0 saturated carbocycles. The lowest BCUT2D eigenvalue weighted by Gasteiger charge is -2.15. The zero-order chi connectivity index (χ0) is 20.8. The number of hydrogen-bond acceptors (Lipinski definition) is 7. The average molecular weight is 410 g/mol. The maximum absolute atomic E-state index is 12.8. The highest BCUT2D eigenvalue weighted by Gasteiger charge is 2.34. The molecule has 1 saturated heterocycles. The van der Waals surface area contributed by atoms with Crippen LogP contribution in [0.15, 0.2) is 70.6 Å². The Labute approximate surface area is 172 Å². The van der Waals surface area contributed by atoms with E-state index in [4.69, 9.17) is 0 Å². The van der Waals surface area contributed by atoms with E-state index < -0.39 is 11.9 Å². The third-order valence-electron chi connectivity index (χ3n) is 4.03. The molecule has 3 rings (SSSR count). The molecule has 0 spiro atoms. The van der Waals surface area contributed by atoms with Gasteiger partial charge in [0.15, 0.2) is 5.17 Å². The highest BCUT2D eigenvalue weighted by molar-refractivity contribution is 8.18. The molecule has 29 heavy (non-hydrogen) atoms. The first-order valence-corrected chi connectivity index (χ1v) is 9.44. The second-order valence-corrected chi connectivity index (χ2v) is 6.95. The van der Waals surface area contributed by atoms with Crippen molar-refractivity contribution in [1.82, 2.24) is 4.90 Å². The summed E-state index contributed by atoms with van der Waals surface area (Å²) >= 11 is 1.09. The summed E-state index contributed by atoms with van der Waals surface area (Å²) in [5.41, 5.74) is 1.89. The fourth-order valence-corrected chi connectivity index (χ4v) is 3.52. The molecule has 7 nitrogen and oxygen atoms in total. The number of rotatable bonds is 5. The number of amides is 1. The van der Waals surface area contributed by atoms with Crippen LogP contribution in [0.5, 0.6) is 0 Å². The SMILES string of the molecule is COC(=O)C=C1SC(=Nc2ccc(C(=O)OC)cc2)N(Cc2ccccc2)C1=O. The van der Waals surface area contributed by atoms with E-state index in [-0.39, 0.29) is 10.8 Å². The minimum absolute atomic E-state index is 0.234. The molecule has 148 valence electrons. The van der Waals surface area contributed by atoms with Crippen LogP contribution in [0.3, 0.4) is 0 Å². The van der Waals surface area contributed by atoms with E-state index in [0.717, 1.165) is 23.4 Å². The summed E-state index contributed by atoms with van der Waals surface area (Å²) in [5.74, 6) is -1.37. The molecule has 0 atom stereocenters. The van der Waals surface area contributed by atoms with Crippen molar-refractivity contribution in [2.45, 2.75) is 6.54 Å². The number of methoxy groups -OCH3 is 2. The second kappa shape index (κ2) is 9.20. The van der Waals surface area contributed by atoms with Crippen LogP contribution in [0.1, 0.15) is 15.9 Å². The van der Waals surface area contributed by atoms with Crippen molar-refractivity contribution < 1.29 is 23.9 Å². The molecule has 0 N–H and O–H groups in total. The smallest absolute Gasteiger partial charge is 0.337 e. The zero-order valence-electron chi connectivity index (χ0n) is 15.8. The van der Waals surface area contributed by atoms with Gasteiger partial charge in [-0.2, -0.15) is 0 Å². The Morgan fingerprint density at radius 3 is 2.34 bits per heavy atom. The van der Waals surface area contributed by atoms with Gasteiger partial charge in [-0.1, -0.05) is 30.3 Å². The predicted molar refractivity (Wildman–Crippen MR) is 110 cm³/mol. The van der Waals surface area contributed by atoms with Crippen molar-refractivity contribution >= 4 is 40.5 Å². The maximum Gasteiger partial charge on any atom is 0.337 e. The number of esters is 2. The molecule has 1 fully saturated rings. The van der Waals surface area contributed by atoms with E-state index in [0.29, 0.717) is 23.0 Å². The largest absolute Gasteiger partial charge is 0.466 e. The summed E-state index contributed by atoms with van der Waals surface area (Å²) < 4.78 is 9.32. The van der Waals surface area contributed by atoms with Gasteiger partial charge in [-0.3, -0.25) is 9.69 Å². The minimum atomic E-state index is -0.607. The second-order valence-electron chi connectivity index (χ2n) is 5.94. The van der Waals surface area contributed by atoms with Crippen molar-refractivity contribution in [1.29, 1.82) is 0 Å². The van der Waals surface area contributed by atoms with Gasteiger partial charge in [0.2, 0.25) is 0 Å². The first kappa shape index (κ1) is 20.3. The van der Waals surface area contributed by atoms with Crippen LogP contribution in [0.4, 0.5) is 5.69 Å². The molecule has 0 unspecified atom stereocenters. The fraction of sp³-hybridized carbons (Fsp3) is 0.143. The van der Waals surface area contributed by atoms with Gasteiger partial charge in [0.05, 0.1) is 36.9 Å². The fourth-order valence-electron chi connectivity index (χ4n) is 2.56. The lowest BCUT2D eigenvalue weighted by Crippen LogP contribution is -2.28. The highest BCUT2D eigenvalue weighted by atomic mass is 32.2. The van der Waals surface area contributed by atoms with Crippen LogP contribution in [-0.2, 0) is 25.6 Å². The van der Waals surface area contributed by atoms with E-state index in [1.807, 2.05) is 30.3 Å².